The second-order valence-corrected chi connectivity index (χ2v) is 8.46. The van der Waals surface area contributed by atoms with Gasteiger partial charge in [-0.1, -0.05) is 30.3 Å². The largest absolute Gasteiger partial charge is 0.298 e. The van der Waals surface area contributed by atoms with Gasteiger partial charge in [0.25, 0.3) is 0 Å². The second-order valence-electron chi connectivity index (χ2n) is 8.46. The van der Waals surface area contributed by atoms with Gasteiger partial charge >= 0.3 is 0 Å². The zero-order valence-electron chi connectivity index (χ0n) is 13.4. The number of ketones is 1. The van der Waals surface area contributed by atoms with E-state index in [9.17, 15) is 4.79 Å². The molecule has 4 aliphatic carbocycles. The Morgan fingerprint density at radius 3 is 2.05 bits per heavy atom. The Hall–Kier alpha value is -1.15. The molecule has 1 saturated heterocycles. The van der Waals surface area contributed by atoms with Crippen molar-refractivity contribution < 1.29 is 4.79 Å². The van der Waals surface area contributed by atoms with E-state index in [0.29, 0.717) is 17.4 Å². The predicted molar refractivity (Wildman–Crippen MR) is 86.4 cm³/mol. The molecule has 2 heteroatoms. The van der Waals surface area contributed by atoms with E-state index in [1.54, 1.807) is 6.92 Å². The van der Waals surface area contributed by atoms with E-state index in [-0.39, 0.29) is 6.04 Å². The monoisotopic (exact) mass is 295 g/mol. The minimum absolute atomic E-state index is 0.152. The number of rotatable bonds is 3. The molecule has 3 unspecified atom stereocenters. The van der Waals surface area contributed by atoms with Crippen LogP contribution in [0.25, 0.3) is 0 Å². The molecule has 6 rings (SSSR count). The van der Waals surface area contributed by atoms with Crippen molar-refractivity contribution in [3.63, 3.8) is 0 Å². The van der Waals surface area contributed by atoms with E-state index in [1.807, 2.05) is 0 Å². The Balaban J connectivity index is 1.50. The lowest BCUT2D eigenvalue weighted by atomic mass is 9.53. The summed E-state index contributed by atoms with van der Waals surface area (Å²) >= 11 is 0. The second kappa shape index (κ2) is 4.44. The van der Waals surface area contributed by atoms with Crippen molar-refractivity contribution in [2.24, 2.45) is 17.8 Å². The Morgan fingerprint density at radius 1 is 1.00 bits per heavy atom. The van der Waals surface area contributed by atoms with Crippen molar-refractivity contribution in [1.29, 1.82) is 0 Å². The van der Waals surface area contributed by atoms with Crippen LogP contribution in [0.15, 0.2) is 30.3 Å². The van der Waals surface area contributed by atoms with Gasteiger partial charge in [-0.25, -0.2) is 0 Å². The van der Waals surface area contributed by atoms with Gasteiger partial charge in [0.15, 0.2) is 0 Å². The first-order chi connectivity index (χ1) is 10.7. The summed E-state index contributed by atoms with van der Waals surface area (Å²) in [7, 11) is 0. The molecule has 4 bridgehead atoms. The number of carbonyl (C=O) groups is 1. The van der Waals surface area contributed by atoms with Gasteiger partial charge in [0.1, 0.15) is 5.78 Å². The van der Waals surface area contributed by atoms with Crippen molar-refractivity contribution in [3.8, 4) is 0 Å². The van der Waals surface area contributed by atoms with Gasteiger partial charge in [-0.15, -0.1) is 0 Å². The van der Waals surface area contributed by atoms with Gasteiger partial charge in [-0.2, -0.15) is 0 Å². The van der Waals surface area contributed by atoms with Crippen LogP contribution in [-0.4, -0.2) is 22.3 Å². The lowest BCUT2D eigenvalue weighted by Gasteiger charge is -2.58. The fraction of sp³-hybridized carbons (Fsp3) is 0.650. The SMILES string of the molecule is CC(=O)C1C(c2ccccc2)N1C12CC3CC(CC(C3)C1)C2. The summed E-state index contributed by atoms with van der Waals surface area (Å²) in [6, 6.07) is 11.2. The highest BCUT2D eigenvalue weighted by atomic mass is 16.1. The summed E-state index contributed by atoms with van der Waals surface area (Å²) in [5.74, 6) is 3.19. The summed E-state index contributed by atoms with van der Waals surface area (Å²) in [6.45, 7) is 1.79. The van der Waals surface area contributed by atoms with Gasteiger partial charge in [0.2, 0.25) is 0 Å². The lowest BCUT2D eigenvalue weighted by Crippen LogP contribution is -2.55. The third-order valence-electron chi connectivity index (χ3n) is 6.92. The van der Waals surface area contributed by atoms with E-state index >= 15 is 0 Å². The predicted octanol–water partition coefficient (Wildman–Crippen LogP) is 3.97. The first-order valence-electron chi connectivity index (χ1n) is 9.00. The van der Waals surface area contributed by atoms with Crippen LogP contribution in [0.2, 0.25) is 0 Å². The normalized spacial score (nSPS) is 48.4. The first kappa shape index (κ1) is 13.3. The molecule has 1 aromatic rings. The maximum atomic E-state index is 12.3. The van der Waals surface area contributed by atoms with E-state index < -0.39 is 0 Å². The van der Waals surface area contributed by atoms with E-state index in [4.69, 9.17) is 0 Å². The number of carbonyl (C=O) groups excluding carboxylic acids is 1. The molecule has 22 heavy (non-hydrogen) atoms. The van der Waals surface area contributed by atoms with Crippen LogP contribution in [0.3, 0.4) is 0 Å². The maximum absolute atomic E-state index is 12.3. The minimum Gasteiger partial charge on any atom is -0.298 e. The van der Waals surface area contributed by atoms with Crippen molar-refractivity contribution in [3.05, 3.63) is 35.9 Å². The van der Waals surface area contributed by atoms with Crippen LogP contribution in [0, 0.1) is 17.8 Å². The summed E-state index contributed by atoms with van der Waals surface area (Å²) in [5.41, 5.74) is 1.70. The van der Waals surface area contributed by atoms with E-state index in [1.165, 1.54) is 44.1 Å². The van der Waals surface area contributed by atoms with Crippen LogP contribution in [0.1, 0.15) is 57.1 Å². The van der Waals surface area contributed by atoms with Crippen molar-refractivity contribution in [1.82, 2.24) is 4.90 Å². The Bertz CT molecular complexity index is 572. The fourth-order valence-corrected chi connectivity index (χ4v) is 6.61. The highest BCUT2D eigenvalue weighted by Crippen LogP contribution is 2.64. The number of hydrogen-bond donors (Lipinski definition) is 0. The Morgan fingerprint density at radius 2 is 1.55 bits per heavy atom. The molecule has 0 spiro atoms. The van der Waals surface area contributed by atoms with Crippen molar-refractivity contribution >= 4 is 5.78 Å². The number of benzene rings is 1. The van der Waals surface area contributed by atoms with E-state index in [2.05, 4.69) is 35.2 Å². The summed E-state index contributed by atoms with van der Waals surface area (Å²) in [5, 5.41) is 0. The van der Waals surface area contributed by atoms with Crippen molar-refractivity contribution in [2.75, 3.05) is 0 Å². The zero-order valence-corrected chi connectivity index (χ0v) is 13.4. The Kier molecular flexibility index (Phi) is 2.69. The molecule has 1 aromatic carbocycles. The number of Topliss-reactive ketones (excluding diaryl/α,β-unsaturated/α-hetero) is 1. The zero-order chi connectivity index (χ0) is 14.9. The van der Waals surface area contributed by atoms with Gasteiger partial charge in [-0.3, -0.25) is 9.69 Å². The summed E-state index contributed by atoms with van der Waals surface area (Å²) in [4.78, 5) is 14.9. The van der Waals surface area contributed by atoms with Crippen LogP contribution >= 0.6 is 0 Å². The van der Waals surface area contributed by atoms with Gasteiger partial charge in [0.05, 0.1) is 12.1 Å². The number of nitrogens with zero attached hydrogens (tertiary/aromatic N) is 1. The van der Waals surface area contributed by atoms with Gasteiger partial charge in [0, 0.05) is 5.54 Å². The molecule has 3 atom stereocenters. The topological polar surface area (TPSA) is 20.1 Å². The van der Waals surface area contributed by atoms with Crippen LogP contribution in [0.5, 0.6) is 0 Å². The standard InChI is InChI=1S/C20H25NO/c1-13(22)18-19(17-5-3-2-4-6-17)21(18)20-10-14-7-15(11-20)9-16(8-14)12-20/h2-6,14-16,18-19H,7-12H2,1H3. The summed E-state index contributed by atoms with van der Waals surface area (Å²) in [6.07, 6.45) is 8.46. The maximum Gasteiger partial charge on any atom is 0.148 e. The third-order valence-corrected chi connectivity index (χ3v) is 6.92. The molecular weight excluding hydrogens is 270 g/mol. The molecule has 0 aromatic heterocycles. The molecule has 5 fully saturated rings. The molecule has 0 N–H and O–H groups in total. The average molecular weight is 295 g/mol. The lowest BCUT2D eigenvalue weighted by molar-refractivity contribution is -0.119. The first-order valence-corrected chi connectivity index (χ1v) is 9.00. The quantitative estimate of drug-likeness (QED) is 0.786. The third kappa shape index (κ3) is 1.79. The molecule has 116 valence electrons. The smallest absolute Gasteiger partial charge is 0.148 e. The molecule has 1 heterocycles. The van der Waals surface area contributed by atoms with Crippen LogP contribution < -0.4 is 0 Å². The molecule has 5 aliphatic rings. The van der Waals surface area contributed by atoms with Crippen molar-refractivity contribution in [2.45, 2.75) is 63.1 Å². The Labute approximate surface area is 132 Å². The molecule has 0 amide bonds. The molecule has 4 saturated carbocycles. The molecular formula is C20H25NO. The van der Waals surface area contributed by atoms with E-state index in [0.717, 1.165) is 17.8 Å². The molecule has 1 aliphatic heterocycles. The minimum atomic E-state index is 0.152. The molecule has 0 radical (unpaired) electrons. The highest BCUT2D eigenvalue weighted by Gasteiger charge is 2.65. The van der Waals surface area contributed by atoms with Gasteiger partial charge < -0.3 is 0 Å². The average Bonchev–Trinajstić information content (AvgIpc) is 3.23. The van der Waals surface area contributed by atoms with Crippen LogP contribution in [0.4, 0.5) is 0 Å². The fourth-order valence-electron chi connectivity index (χ4n) is 6.61. The highest BCUT2D eigenvalue weighted by molar-refractivity contribution is 5.86. The molecule has 2 nitrogen and oxygen atoms in total. The van der Waals surface area contributed by atoms with Crippen LogP contribution in [-0.2, 0) is 4.79 Å². The van der Waals surface area contributed by atoms with Gasteiger partial charge in [-0.05, 0) is 68.8 Å². The summed E-state index contributed by atoms with van der Waals surface area (Å²) < 4.78 is 0. The number of hydrogen-bond acceptors (Lipinski definition) is 2.